The van der Waals surface area contributed by atoms with Crippen molar-refractivity contribution >= 4 is 23.2 Å². The van der Waals surface area contributed by atoms with Crippen molar-refractivity contribution in [2.45, 2.75) is 44.8 Å². The molecule has 0 atom stereocenters. The number of nitrogens with one attached hydrogen (secondary N) is 1. The topological polar surface area (TPSA) is 96.7 Å². The van der Waals surface area contributed by atoms with E-state index in [1.807, 2.05) is 10.9 Å². The van der Waals surface area contributed by atoms with Gasteiger partial charge < -0.3 is 20.1 Å². The second kappa shape index (κ2) is 9.58. The molecule has 30 heavy (non-hydrogen) atoms. The SMILES string of the molecule is COc1cc2nn(C3CCC(O)CC3)cc2cc1C(=O)N/C(C)=C/C=C\N(C)C=O. The number of nitrogens with zero attached hydrogens (tertiary/aromatic N) is 3. The Labute approximate surface area is 175 Å². The molecule has 0 saturated heterocycles. The zero-order valence-corrected chi connectivity index (χ0v) is 17.5. The molecule has 8 nitrogen and oxygen atoms in total. The summed E-state index contributed by atoms with van der Waals surface area (Å²) in [5.74, 6) is 0.168. The average molecular weight is 412 g/mol. The third kappa shape index (κ3) is 5.07. The molecule has 1 fully saturated rings. The molecular weight excluding hydrogens is 384 g/mol. The maximum Gasteiger partial charge on any atom is 0.259 e. The molecule has 1 aliphatic rings. The molecule has 1 aliphatic carbocycles. The fraction of sp³-hybridized carbons (Fsp3) is 0.409. The summed E-state index contributed by atoms with van der Waals surface area (Å²) in [7, 11) is 3.15. The van der Waals surface area contributed by atoms with Crippen molar-refractivity contribution in [2.75, 3.05) is 14.2 Å². The molecule has 0 bridgehead atoms. The second-order valence-corrected chi connectivity index (χ2v) is 7.60. The maximum absolute atomic E-state index is 12.8. The van der Waals surface area contributed by atoms with E-state index in [2.05, 4.69) is 10.4 Å². The van der Waals surface area contributed by atoms with Crippen LogP contribution in [0.1, 0.15) is 49.0 Å². The van der Waals surface area contributed by atoms with E-state index in [0.717, 1.165) is 36.6 Å². The van der Waals surface area contributed by atoms with Gasteiger partial charge in [-0.15, -0.1) is 0 Å². The van der Waals surface area contributed by atoms with E-state index in [4.69, 9.17) is 4.74 Å². The van der Waals surface area contributed by atoms with Gasteiger partial charge in [0.05, 0.1) is 30.3 Å². The zero-order chi connectivity index (χ0) is 21.7. The lowest BCUT2D eigenvalue weighted by Crippen LogP contribution is -2.22. The molecule has 1 aromatic carbocycles. The quantitative estimate of drug-likeness (QED) is 0.538. The molecular formula is C22H28N4O4. The van der Waals surface area contributed by atoms with Crippen molar-refractivity contribution in [1.82, 2.24) is 20.0 Å². The molecule has 0 aliphatic heterocycles. The Bertz CT molecular complexity index is 971. The molecule has 3 rings (SSSR count). The largest absolute Gasteiger partial charge is 0.496 e. The van der Waals surface area contributed by atoms with E-state index in [1.165, 1.54) is 12.0 Å². The molecule has 2 N–H and O–H groups in total. The second-order valence-electron chi connectivity index (χ2n) is 7.60. The summed E-state index contributed by atoms with van der Waals surface area (Å²) in [5.41, 5.74) is 1.82. The Kier molecular flexibility index (Phi) is 6.89. The number of carbonyl (C=O) groups is 2. The minimum absolute atomic E-state index is 0.216. The number of carbonyl (C=O) groups excluding carboxylic acids is 2. The first kappa shape index (κ1) is 21.6. The van der Waals surface area contributed by atoms with E-state index < -0.39 is 0 Å². The first-order valence-corrected chi connectivity index (χ1v) is 10.00. The number of amides is 2. The number of benzene rings is 1. The minimum Gasteiger partial charge on any atom is -0.496 e. The van der Waals surface area contributed by atoms with Gasteiger partial charge in [0, 0.05) is 36.6 Å². The van der Waals surface area contributed by atoms with E-state index >= 15 is 0 Å². The van der Waals surface area contributed by atoms with Gasteiger partial charge in [-0.2, -0.15) is 5.10 Å². The number of rotatable bonds is 7. The summed E-state index contributed by atoms with van der Waals surface area (Å²) in [6.45, 7) is 1.77. The lowest BCUT2D eigenvalue weighted by molar-refractivity contribution is -0.114. The van der Waals surface area contributed by atoms with Crippen LogP contribution in [0.25, 0.3) is 10.9 Å². The molecule has 0 radical (unpaired) electrons. The van der Waals surface area contributed by atoms with Crippen LogP contribution < -0.4 is 10.1 Å². The summed E-state index contributed by atoms with van der Waals surface area (Å²) in [4.78, 5) is 24.8. The zero-order valence-electron chi connectivity index (χ0n) is 17.5. The van der Waals surface area contributed by atoms with Gasteiger partial charge in [0.25, 0.3) is 5.91 Å². The van der Waals surface area contributed by atoms with Gasteiger partial charge >= 0.3 is 0 Å². The van der Waals surface area contributed by atoms with Crippen molar-refractivity contribution in [2.24, 2.45) is 0 Å². The molecule has 2 amide bonds. The highest BCUT2D eigenvalue weighted by molar-refractivity contribution is 6.01. The van der Waals surface area contributed by atoms with Crippen molar-refractivity contribution in [3.05, 3.63) is 47.9 Å². The van der Waals surface area contributed by atoms with E-state index in [-0.39, 0.29) is 18.1 Å². The standard InChI is InChI=1S/C22H28N4O4/c1-15(5-4-10-25(2)14-27)23-22(29)19-11-16-13-26(17-6-8-18(28)9-7-17)24-20(16)12-21(19)30-3/h4-5,10-14,17-18,28H,6-9H2,1-3H3,(H,23,29)/b10-4-,15-5+. The summed E-state index contributed by atoms with van der Waals surface area (Å²) < 4.78 is 7.37. The molecule has 8 heteroatoms. The van der Waals surface area contributed by atoms with Gasteiger partial charge in [0.2, 0.25) is 6.41 Å². The van der Waals surface area contributed by atoms with E-state index in [0.29, 0.717) is 23.4 Å². The van der Waals surface area contributed by atoms with Crippen molar-refractivity contribution < 1.29 is 19.4 Å². The van der Waals surface area contributed by atoms with Crippen LogP contribution >= 0.6 is 0 Å². The number of aliphatic hydroxyl groups is 1. The Morgan fingerprint density at radius 3 is 2.73 bits per heavy atom. The van der Waals surface area contributed by atoms with Crippen LogP contribution in [0.15, 0.2) is 42.4 Å². The van der Waals surface area contributed by atoms with Crippen molar-refractivity contribution in [3.63, 3.8) is 0 Å². The Morgan fingerprint density at radius 2 is 2.07 bits per heavy atom. The van der Waals surface area contributed by atoms with Crippen LogP contribution in [-0.4, -0.2) is 52.4 Å². The van der Waals surface area contributed by atoms with Gasteiger partial charge in [0.15, 0.2) is 0 Å². The molecule has 2 aromatic rings. The highest BCUT2D eigenvalue weighted by Gasteiger charge is 2.22. The average Bonchev–Trinajstić information content (AvgIpc) is 3.15. The van der Waals surface area contributed by atoms with Gasteiger partial charge in [-0.1, -0.05) is 0 Å². The molecule has 1 saturated carbocycles. The first-order valence-electron chi connectivity index (χ1n) is 10.00. The van der Waals surface area contributed by atoms with Crippen LogP contribution in [0.3, 0.4) is 0 Å². The number of aliphatic hydroxyl groups excluding tert-OH is 1. The number of aromatic nitrogens is 2. The highest BCUT2D eigenvalue weighted by atomic mass is 16.5. The summed E-state index contributed by atoms with van der Waals surface area (Å²) >= 11 is 0. The fourth-order valence-electron chi connectivity index (χ4n) is 3.57. The lowest BCUT2D eigenvalue weighted by atomic mass is 9.93. The number of fused-ring (bicyclic) bond motifs is 1. The Balaban J connectivity index is 1.80. The third-order valence-electron chi connectivity index (χ3n) is 5.27. The Morgan fingerprint density at radius 1 is 1.33 bits per heavy atom. The highest BCUT2D eigenvalue weighted by Crippen LogP contribution is 2.31. The smallest absolute Gasteiger partial charge is 0.259 e. The van der Waals surface area contributed by atoms with Crippen LogP contribution in [0, 0.1) is 0 Å². The number of ether oxygens (including phenoxy) is 1. The van der Waals surface area contributed by atoms with Crippen LogP contribution in [0.2, 0.25) is 0 Å². The lowest BCUT2D eigenvalue weighted by Gasteiger charge is -2.25. The molecule has 160 valence electrons. The van der Waals surface area contributed by atoms with Crippen LogP contribution in [0.5, 0.6) is 5.75 Å². The minimum atomic E-state index is -0.284. The first-order chi connectivity index (χ1) is 14.4. The van der Waals surface area contributed by atoms with E-state index in [9.17, 15) is 14.7 Å². The number of allylic oxidation sites excluding steroid dienone is 3. The van der Waals surface area contributed by atoms with E-state index in [1.54, 1.807) is 44.5 Å². The van der Waals surface area contributed by atoms with Crippen molar-refractivity contribution in [1.29, 1.82) is 0 Å². The molecule has 0 unspecified atom stereocenters. The summed E-state index contributed by atoms with van der Waals surface area (Å²) in [6, 6.07) is 3.82. The van der Waals surface area contributed by atoms with Crippen molar-refractivity contribution in [3.8, 4) is 5.75 Å². The normalized spacial score (nSPS) is 19.8. The molecule has 1 heterocycles. The molecule has 1 aromatic heterocycles. The number of methoxy groups -OCH3 is 1. The van der Waals surface area contributed by atoms with Gasteiger partial charge in [0.1, 0.15) is 5.75 Å². The number of hydrogen-bond acceptors (Lipinski definition) is 5. The van der Waals surface area contributed by atoms with Gasteiger partial charge in [-0.3, -0.25) is 14.3 Å². The monoisotopic (exact) mass is 412 g/mol. The fourth-order valence-corrected chi connectivity index (χ4v) is 3.57. The predicted octanol–water partition coefficient (Wildman–Crippen LogP) is 2.76. The summed E-state index contributed by atoms with van der Waals surface area (Å²) in [5, 5.41) is 18.1. The van der Waals surface area contributed by atoms with Crippen LogP contribution in [0.4, 0.5) is 0 Å². The third-order valence-corrected chi connectivity index (χ3v) is 5.27. The Hall–Kier alpha value is -3.13. The van der Waals surface area contributed by atoms with Gasteiger partial charge in [-0.25, -0.2) is 0 Å². The maximum atomic E-state index is 12.8. The summed E-state index contributed by atoms with van der Waals surface area (Å²) in [6.07, 6.45) is 10.7. The van der Waals surface area contributed by atoms with Crippen LogP contribution in [-0.2, 0) is 4.79 Å². The van der Waals surface area contributed by atoms with Gasteiger partial charge in [-0.05, 0) is 50.8 Å². The predicted molar refractivity (Wildman–Crippen MR) is 114 cm³/mol. The molecule has 0 spiro atoms. The number of hydrogen-bond donors (Lipinski definition) is 2.